The van der Waals surface area contributed by atoms with Crippen LogP contribution in [0.1, 0.15) is 33.1 Å². The highest BCUT2D eigenvalue weighted by molar-refractivity contribution is 5.95. The minimum absolute atomic E-state index is 0.280. The predicted molar refractivity (Wildman–Crippen MR) is 48.8 cm³/mol. The summed E-state index contributed by atoms with van der Waals surface area (Å²) in [5.74, 6) is 0.983. The molecule has 0 amide bonds. The highest BCUT2D eigenvalue weighted by Crippen LogP contribution is 2.44. The molecular formula is C11H14O. The van der Waals surface area contributed by atoms with E-state index >= 15 is 0 Å². The second-order valence-electron chi connectivity index (χ2n) is 3.82. The fraction of sp³-hybridized carbons (Fsp3) is 0.545. The van der Waals surface area contributed by atoms with Gasteiger partial charge in [-0.05, 0) is 48.8 Å². The third-order valence-corrected chi connectivity index (χ3v) is 2.94. The first-order valence-electron chi connectivity index (χ1n) is 4.63. The van der Waals surface area contributed by atoms with Crippen LogP contribution in [0.3, 0.4) is 0 Å². The van der Waals surface area contributed by atoms with Gasteiger partial charge < -0.3 is 0 Å². The summed E-state index contributed by atoms with van der Waals surface area (Å²) in [6.45, 7) is 3.92. The third-order valence-electron chi connectivity index (χ3n) is 2.94. The number of carbonyl (C=O) groups excluding carboxylic acids is 1. The Hall–Kier alpha value is -0.850. The van der Waals surface area contributed by atoms with E-state index in [0.717, 1.165) is 24.8 Å². The van der Waals surface area contributed by atoms with Crippen LogP contribution in [-0.4, -0.2) is 5.78 Å². The Kier molecular flexibility index (Phi) is 1.67. The van der Waals surface area contributed by atoms with E-state index in [4.69, 9.17) is 0 Å². The number of ketones is 1. The van der Waals surface area contributed by atoms with Crippen molar-refractivity contribution in [3.05, 3.63) is 22.8 Å². The first kappa shape index (κ1) is 7.78. The number of Topliss-reactive ketones (excluding diaryl/α,β-unsaturated/α-hetero) is 1. The summed E-state index contributed by atoms with van der Waals surface area (Å²) in [6, 6.07) is 0. The molecule has 2 aliphatic rings. The van der Waals surface area contributed by atoms with Gasteiger partial charge in [-0.25, -0.2) is 0 Å². The summed E-state index contributed by atoms with van der Waals surface area (Å²) in [7, 11) is 0. The zero-order valence-electron chi connectivity index (χ0n) is 7.68. The van der Waals surface area contributed by atoms with Gasteiger partial charge in [-0.15, -0.1) is 0 Å². The van der Waals surface area contributed by atoms with Gasteiger partial charge in [0.25, 0.3) is 0 Å². The molecule has 0 saturated heterocycles. The minimum Gasteiger partial charge on any atom is -0.295 e. The zero-order valence-corrected chi connectivity index (χ0v) is 7.68. The second kappa shape index (κ2) is 2.58. The van der Waals surface area contributed by atoms with Gasteiger partial charge >= 0.3 is 0 Å². The normalized spacial score (nSPS) is 27.5. The maximum atomic E-state index is 11.2. The van der Waals surface area contributed by atoms with E-state index in [-0.39, 0.29) is 5.78 Å². The molecule has 0 aromatic heterocycles. The average Bonchev–Trinajstić information content (AvgIpc) is 2.02. The third kappa shape index (κ3) is 0.961. The van der Waals surface area contributed by atoms with Crippen molar-refractivity contribution in [1.82, 2.24) is 0 Å². The minimum atomic E-state index is 0.280. The largest absolute Gasteiger partial charge is 0.295 e. The van der Waals surface area contributed by atoms with Gasteiger partial charge in [0.2, 0.25) is 0 Å². The predicted octanol–water partition coefficient (Wildman–Crippen LogP) is 2.63. The van der Waals surface area contributed by atoms with Gasteiger partial charge in [-0.2, -0.15) is 0 Å². The Balaban J connectivity index is 2.35. The van der Waals surface area contributed by atoms with Crippen molar-refractivity contribution in [2.45, 2.75) is 33.1 Å². The molecule has 1 unspecified atom stereocenters. The van der Waals surface area contributed by atoms with E-state index in [0.29, 0.717) is 5.92 Å². The van der Waals surface area contributed by atoms with Crippen LogP contribution in [0, 0.1) is 5.92 Å². The standard InChI is InChI=1S/C11H14O/c1-7-6-11-9(7)4-3-5-10(11)8(2)12/h4,7H,3,5-6H2,1-2H3. The molecule has 1 saturated carbocycles. The summed E-state index contributed by atoms with van der Waals surface area (Å²) in [5.41, 5.74) is 3.92. The Bertz CT molecular complexity index is 294. The smallest absolute Gasteiger partial charge is 0.156 e. The van der Waals surface area contributed by atoms with Crippen molar-refractivity contribution in [1.29, 1.82) is 0 Å². The van der Waals surface area contributed by atoms with Crippen LogP contribution in [0.5, 0.6) is 0 Å². The van der Waals surface area contributed by atoms with Gasteiger partial charge in [-0.1, -0.05) is 13.0 Å². The topological polar surface area (TPSA) is 17.1 Å². The summed E-state index contributed by atoms with van der Waals surface area (Å²) < 4.78 is 0. The summed E-state index contributed by atoms with van der Waals surface area (Å²) in [4.78, 5) is 11.2. The number of allylic oxidation sites excluding steroid dienone is 4. The first-order chi connectivity index (χ1) is 5.70. The number of fused-ring (bicyclic) bond motifs is 1. The molecule has 1 fully saturated rings. The van der Waals surface area contributed by atoms with Crippen LogP contribution >= 0.6 is 0 Å². The van der Waals surface area contributed by atoms with Gasteiger partial charge in [0.1, 0.15) is 0 Å². The lowest BCUT2D eigenvalue weighted by molar-refractivity contribution is -0.113. The molecule has 0 aromatic rings. The van der Waals surface area contributed by atoms with Crippen molar-refractivity contribution in [3.8, 4) is 0 Å². The summed E-state index contributed by atoms with van der Waals surface area (Å²) in [5, 5.41) is 0. The molecule has 0 aliphatic heterocycles. The van der Waals surface area contributed by atoms with E-state index in [2.05, 4.69) is 13.0 Å². The Labute approximate surface area is 73.2 Å². The number of hydrogen-bond acceptors (Lipinski definition) is 1. The van der Waals surface area contributed by atoms with Gasteiger partial charge in [-0.3, -0.25) is 4.79 Å². The van der Waals surface area contributed by atoms with Gasteiger partial charge in [0.05, 0.1) is 0 Å². The van der Waals surface area contributed by atoms with Crippen LogP contribution < -0.4 is 0 Å². The SMILES string of the molecule is CC(=O)C1=C2CC(C)C2=CCC1. The Morgan fingerprint density at radius 3 is 2.92 bits per heavy atom. The molecule has 1 nitrogen and oxygen atoms in total. The fourth-order valence-corrected chi connectivity index (χ4v) is 2.23. The van der Waals surface area contributed by atoms with Crippen LogP contribution in [-0.2, 0) is 4.79 Å². The zero-order chi connectivity index (χ0) is 8.72. The molecule has 12 heavy (non-hydrogen) atoms. The molecule has 0 N–H and O–H groups in total. The van der Waals surface area contributed by atoms with E-state index in [1.54, 1.807) is 6.92 Å². The van der Waals surface area contributed by atoms with Crippen LogP contribution in [0.25, 0.3) is 0 Å². The van der Waals surface area contributed by atoms with E-state index < -0.39 is 0 Å². The molecule has 1 heteroatoms. The van der Waals surface area contributed by atoms with E-state index in [1.807, 2.05) is 0 Å². The molecule has 2 rings (SSSR count). The average molecular weight is 162 g/mol. The van der Waals surface area contributed by atoms with Crippen molar-refractivity contribution in [2.75, 3.05) is 0 Å². The molecule has 64 valence electrons. The Morgan fingerprint density at radius 1 is 1.58 bits per heavy atom. The Morgan fingerprint density at radius 2 is 2.33 bits per heavy atom. The van der Waals surface area contributed by atoms with Crippen LogP contribution in [0.4, 0.5) is 0 Å². The number of carbonyl (C=O) groups is 1. The van der Waals surface area contributed by atoms with Crippen molar-refractivity contribution < 1.29 is 4.79 Å². The maximum Gasteiger partial charge on any atom is 0.156 e. The van der Waals surface area contributed by atoms with Crippen molar-refractivity contribution in [3.63, 3.8) is 0 Å². The molecular weight excluding hydrogens is 148 g/mol. The lowest BCUT2D eigenvalue weighted by atomic mass is 9.69. The lowest BCUT2D eigenvalue weighted by Gasteiger charge is -2.35. The van der Waals surface area contributed by atoms with Gasteiger partial charge in [0, 0.05) is 0 Å². The monoisotopic (exact) mass is 162 g/mol. The van der Waals surface area contributed by atoms with Crippen LogP contribution in [0.2, 0.25) is 0 Å². The molecule has 0 aromatic carbocycles. The molecule has 0 spiro atoms. The quantitative estimate of drug-likeness (QED) is 0.579. The second-order valence-corrected chi connectivity index (χ2v) is 3.82. The molecule has 0 radical (unpaired) electrons. The molecule has 0 bridgehead atoms. The maximum absolute atomic E-state index is 11.2. The highest BCUT2D eigenvalue weighted by atomic mass is 16.1. The summed E-state index contributed by atoms with van der Waals surface area (Å²) >= 11 is 0. The lowest BCUT2D eigenvalue weighted by Crippen LogP contribution is -2.22. The van der Waals surface area contributed by atoms with E-state index in [1.165, 1.54) is 11.1 Å². The number of hydrogen-bond donors (Lipinski definition) is 0. The number of rotatable bonds is 1. The molecule has 2 aliphatic carbocycles. The van der Waals surface area contributed by atoms with E-state index in [9.17, 15) is 4.79 Å². The molecule has 0 heterocycles. The summed E-state index contributed by atoms with van der Waals surface area (Å²) in [6.07, 6.45) is 5.47. The first-order valence-corrected chi connectivity index (χ1v) is 4.63. The van der Waals surface area contributed by atoms with Gasteiger partial charge in [0.15, 0.2) is 5.78 Å². The van der Waals surface area contributed by atoms with Crippen molar-refractivity contribution in [2.24, 2.45) is 5.92 Å². The fourth-order valence-electron chi connectivity index (χ4n) is 2.23. The van der Waals surface area contributed by atoms with Crippen molar-refractivity contribution >= 4 is 5.78 Å². The van der Waals surface area contributed by atoms with Crippen LogP contribution in [0.15, 0.2) is 22.8 Å². The highest BCUT2D eigenvalue weighted by Gasteiger charge is 2.31. The molecule has 1 atom stereocenters.